The molecule has 2 aromatic rings. The second-order valence-electron chi connectivity index (χ2n) is 8.57. The smallest absolute Gasteiger partial charge is 0.253 e. The molecule has 2 heterocycles. The maximum absolute atomic E-state index is 14.2. The number of carbonyl (C=O) groups excluding carboxylic acids is 1. The molecule has 0 radical (unpaired) electrons. The lowest BCUT2D eigenvalue weighted by atomic mass is 9.81. The van der Waals surface area contributed by atoms with Crippen molar-refractivity contribution in [2.24, 2.45) is 0 Å². The van der Waals surface area contributed by atoms with Gasteiger partial charge in [-0.1, -0.05) is 18.2 Å². The van der Waals surface area contributed by atoms with E-state index in [9.17, 15) is 9.18 Å². The zero-order chi connectivity index (χ0) is 22.0. The van der Waals surface area contributed by atoms with E-state index in [1.54, 1.807) is 17.9 Å². The quantitative estimate of drug-likeness (QED) is 0.662. The molecule has 2 aliphatic rings. The van der Waals surface area contributed by atoms with Crippen LogP contribution >= 0.6 is 0 Å². The van der Waals surface area contributed by atoms with Crippen molar-refractivity contribution in [1.29, 1.82) is 0 Å². The lowest BCUT2D eigenvalue weighted by molar-refractivity contribution is -0.0872. The van der Waals surface area contributed by atoms with Crippen molar-refractivity contribution in [3.05, 3.63) is 59.4 Å². The van der Waals surface area contributed by atoms with Gasteiger partial charge in [0.25, 0.3) is 5.91 Å². The van der Waals surface area contributed by atoms with E-state index >= 15 is 0 Å². The summed E-state index contributed by atoms with van der Waals surface area (Å²) in [5.74, 6) is 0.361. The van der Waals surface area contributed by atoms with E-state index < -0.39 is 5.82 Å². The average Bonchev–Trinajstić information content (AvgIpc) is 2.75. The second kappa shape index (κ2) is 8.87. The molecule has 2 aliphatic heterocycles. The van der Waals surface area contributed by atoms with E-state index in [2.05, 4.69) is 6.07 Å². The summed E-state index contributed by atoms with van der Waals surface area (Å²) < 4.78 is 32.1. The Labute approximate surface area is 183 Å². The Bertz CT molecular complexity index is 937. The summed E-state index contributed by atoms with van der Waals surface area (Å²) in [7, 11) is 0. The maximum atomic E-state index is 14.2. The number of ether oxygens (including phenoxy) is 3. The molecule has 0 saturated carbocycles. The third kappa shape index (κ3) is 4.54. The summed E-state index contributed by atoms with van der Waals surface area (Å²) in [5.41, 5.74) is 1.08. The van der Waals surface area contributed by atoms with E-state index in [0.29, 0.717) is 38.1 Å². The van der Waals surface area contributed by atoms with Gasteiger partial charge < -0.3 is 19.1 Å². The number of hydrogen-bond acceptors (Lipinski definition) is 4. The first kappa shape index (κ1) is 21.6. The lowest BCUT2D eigenvalue weighted by Crippen LogP contribution is -2.52. The van der Waals surface area contributed by atoms with Gasteiger partial charge in [0.1, 0.15) is 11.4 Å². The van der Waals surface area contributed by atoms with Crippen molar-refractivity contribution in [2.75, 3.05) is 19.7 Å². The molecular formula is C25H30FNO4. The average molecular weight is 428 g/mol. The molecule has 0 bridgehead atoms. The Morgan fingerprint density at radius 1 is 1.23 bits per heavy atom. The molecule has 1 amide bonds. The van der Waals surface area contributed by atoms with Crippen molar-refractivity contribution < 1.29 is 23.4 Å². The molecule has 2 aromatic carbocycles. The minimum absolute atomic E-state index is 0.0209. The fraction of sp³-hybridized carbons (Fsp3) is 0.480. The van der Waals surface area contributed by atoms with E-state index in [0.717, 1.165) is 17.7 Å². The van der Waals surface area contributed by atoms with Crippen LogP contribution in [-0.2, 0) is 4.74 Å². The largest absolute Gasteiger partial charge is 0.491 e. The van der Waals surface area contributed by atoms with Gasteiger partial charge in [-0.15, -0.1) is 0 Å². The summed E-state index contributed by atoms with van der Waals surface area (Å²) in [6, 6.07) is 12.4. The predicted octanol–water partition coefficient (Wildman–Crippen LogP) is 5.15. The Morgan fingerprint density at radius 2 is 1.97 bits per heavy atom. The van der Waals surface area contributed by atoms with Gasteiger partial charge in [0.05, 0.1) is 18.8 Å². The third-order valence-corrected chi connectivity index (χ3v) is 6.03. The number of amides is 1. The number of hydrogen-bond donors (Lipinski definition) is 0. The Hall–Kier alpha value is -2.60. The Morgan fingerprint density at radius 3 is 2.65 bits per heavy atom. The number of para-hydroxylation sites is 1. The van der Waals surface area contributed by atoms with E-state index in [1.807, 2.05) is 32.0 Å². The number of benzene rings is 2. The molecule has 4 rings (SSSR count). The SMILES string of the molecule is CCOc1ccc(C(=O)N2CCC3(CC2)C[C@@H](OC(C)C)c2ccccc2O3)cc1F. The van der Waals surface area contributed by atoms with Gasteiger partial charge in [-0.25, -0.2) is 4.39 Å². The molecule has 1 spiro atoms. The molecule has 1 fully saturated rings. The summed E-state index contributed by atoms with van der Waals surface area (Å²) in [6.07, 6.45) is 2.29. The predicted molar refractivity (Wildman–Crippen MR) is 116 cm³/mol. The molecule has 1 saturated heterocycles. The summed E-state index contributed by atoms with van der Waals surface area (Å²) >= 11 is 0. The highest BCUT2D eigenvalue weighted by Crippen LogP contribution is 2.46. The van der Waals surface area contributed by atoms with Crippen LogP contribution in [0.1, 0.15) is 62.1 Å². The summed E-state index contributed by atoms with van der Waals surface area (Å²) in [5, 5.41) is 0. The number of fused-ring (bicyclic) bond motifs is 1. The lowest BCUT2D eigenvalue weighted by Gasteiger charge is -2.47. The first-order chi connectivity index (χ1) is 14.9. The standard InChI is InChI=1S/C25H30FNO4/c1-4-29-22-10-9-18(15-20(22)26)24(28)27-13-11-25(12-14-27)16-23(30-17(2)3)19-7-5-6-8-21(19)31-25/h5-10,15,17,23H,4,11-14,16H2,1-3H3/t23-/m1/s1. The van der Waals surface area contributed by atoms with Crippen LogP contribution in [0, 0.1) is 5.82 Å². The topological polar surface area (TPSA) is 48.0 Å². The Balaban J connectivity index is 1.46. The molecule has 5 nitrogen and oxygen atoms in total. The molecule has 6 heteroatoms. The molecule has 31 heavy (non-hydrogen) atoms. The van der Waals surface area contributed by atoms with E-state index in [1.165, 1.54) is 12.1 Å². The van der Waals surface area contributed by atoms with Crippen molar-refractivity contribution in [1.82, 2.24) is 4.90 Å². The van der Waals surface area contributed by atoms with Gasteiger partial charge >= 0.3 is 0 Å². The van der Waals surface area contributed by atoms with E-state index in [4.69, 9.17) is 14.2 Å². The number of halogens is 1. The van der Waals surface area contributed by atoms with Gasteiger partial charge in [-0.3, -0.25) is 4.79 Å². The number of carbonyl (C=O) groups is 1. The minimum atomic E-state index is -0.512. The highest BCUT2D eigenvalue weighted by Gasteiger charge is 2.44. The summed E-state index contributed by atoms with van der Waals surface area (Å²) in [6.45, 7) is 7.38. The van der Waals surface area contributed by atoms with Crippen LogP contribution in [0.5, 0.6) is 11.5 Å². The normalized spacial score (nSPS) is 19.8. The Kier molecular flexibility index (Phi) is 6.19. The van der Waals surface area contributed by atoms with Crippen LogP contribution < -0.4 is 9.47 Å². The number of nitrogens with zero attached hydrogens (tertiary/aromatic N) is 1. The van der Waals surface area contributed by atoms with Crippen LogP contribution in [-0.4, -0.2) is 42.2 Å². The van der Waals surface area contributed by atoms with Gasteiger partial charge in [0.15, 0.2) is 11.6 Å². The second-order valence-corrected chi connectivity index (χ2v) is 8.57. The third-order valence-electron chi connectivity index (χ3n) is 6.03. The van der Waals surface area contributed by atoms with Crippen LogP contribution in [0.15, 0.2) is 42.5 Å². The maximum Gasteiger partial charge on any atom is 0.253 e. The van der Waals surface area contributed by atoms with Crippen molar-refractivity contribution in [2.45, 2.75) is 57.8 Å². The zero-order valence-corrected chi connectivity index (χ0v) is 18.4. The van der Waals surface area contributed by atoms with Crippen molar-refractivity contribution in [3.8, 4) is 11.5 Å². The first-order valence-electron chi connectivity index (χ1n) is 11.1. The van der Waals surface area contributed by atoms with Gasteiger partial charge in [-0.2, -0.15) is 0 Å². The zero-order valence-electron chi connectivity index (χ0n) is 18.4. The number of piperidine rings is 1. The molecule has 0 N–H and O–H groups in total. The molecule has 0 unspecified atom stereocenters. The molecular weight excluding hydrogens is 397 g/mol. The van der Waals surface area contributed by atoms with Crippen LogP contribution in [0.2, 0.25) is 0 Å². The van der Waals surface area contributed by atoms with Crippen LogP contribution in [0.25, 0.3) is 0 Å². The van der Waals surface area contributed by atoms with Gasteiger partial charge in [-0.05, 0) is 45.0 Å². The number of likely N-dealkylation sites (tertiary alicyclic amines) is 1. The molecule has 1 atom stereocenters. The van der Waals surface area contributed by atoms with Crippen molar-refractivity contribution >= 4 is 5.91 Å². The molecule has 0 aliphatic carbocycles. The molecule has 0 aromatic heterocycles. The van der Waals surface area contributed by atoms with Gasteiger partial charge in [0, 0.05) is 43.5 Å². The van der Waals surface area contributed by atoms with Crippen molar-refractivity contribution in [3.63, 3.8) is 0 Å². The first-order valence-corrected chi connectivity index (χ1v) is 11.1. The minimum Gasteiger partial charge on any atom is -0.491 e. The fourth-order valence-electron chi connectivity index (χ4n) is 4.52. The van der Waals surface area contributed by atoms with Crippen LogP contribution in [0.4, 0.5) is 4.39 Å². The monoisotopic (exact) mass is 427 g/mol. The van der Waals surface area contributed by atoms with Crippen LogP contribution in [0.3, 0.4) is 0 Å². The van der Waals surface area contributed by atoms with Gasteiger partial charge in [0.2, 0.25) is 0 Å². The highest BCUT2D eigenvalue weighted by atomic mass is 19.1. The number of rotatable bonds is 5. The van der Waals surface area contributed by atoms with E-state index in [-0.39, 0.29) is 29.5 Å². The summed E-state index contributed by atoms with van der Waals surface area (Å²) in [4.78, 5) is 14.7. The highest BCUT2D eigenvalue weighted by molar-refractivity contribution is 5.94. The fourth-order valence-corrected chi connectivity index (χ4v) is 4.52. The molecule has 166 valence electrons.